The van der Waals surface area contributed by atoms with Crippen LogP contribution in [0.15, 0.2) is 48.5 Å². The summed E-state index contributed by atoms with van der Waals surface area (Å²) >= 11 is 6.00. The van der Waals surface area contributed by atoms with Crippen molar-refractivity contribution in [1.29, 1.82) is 0 Å². The Kier molecular flexibility index (Phi) is 4.52. The molecule has 1 unspecified atom stereocenters. The molecule has 0 aliphatic carbocycles. The lowest BCUT2D eigenvalue weighted by Crippen LogP contribution is -2.24. The lowest BCUT2D eigenvalue weighted by atomic mass is 9.88. The summed E-state index contributed by atoms with van der Waals surface area (Å²) in [6.07, 6.45) is 0.575. The Morgan fingerprint density at radius 1 is 1.10 bits per heavy atom. The molecular formula is C18H21ClO. The summed E-state index contributed by atoms with van der Waals surface area (Å²) in [5.41, 5.74) is 2.37. The highest BCUT2D eigenvalue weighted by Gasteiger charge is 2.23. The Labute approximate surface area is 126 Å². The van der Waals surface area contributed by atoms with E-state index in [4.69, 9.17) is 11.6 Å². The van der Waals surface area contributed by atoms with Gasteiger partial charge in [0.2, 0.25) is 0 Å². The third kappa shape index (κ3) is 3.62. The van der Waals surface area contributed by atoms with Gasteiger partial charge in [-0.05, 0) is 41.7 Å². The Morgan fingerprint density at radius 2 is 1.75 bits per heavy atom. The molecule has 0 aromatic heterocycles. The molecule has 2 aromatic rings. The average molecular weight is 289 g/mol. The minimum atomic E-state index is -0.912. The topological polar surface area (TPSA) is 20.2 Å². The summed E-state index contributed by atoms with van der Waals surface area (Å²) in [6.45, 7) is 6.18. The monoisotopic (exact) mass is 288 g/mol. The second kappa shape index (κ2) is 5.99. The minimum Gasteiger partial charge on any atom is -0.385 e. The molecule has 1 nitrogen and oxygen atoms in total. The van der Waals surface area contributed by atoms with Crippen LogP contribution in [-0.4, -0.2) is 5.11 Å². The van der Waals surface area contributed by atoms with Crippen LogP contribution < -0.4 is 0 Å². The maximum atomic E-state index is 10.7. The lowest BCUT2D eigenvalue weighted by molar-refractivity contribution is 0.0576. The molecule has 106 valence electrons. The molecule has 0 bridgehead atoms. The van der Waals surface area contributed by atoms with Gasteiger partial charge in [0, 0.05) is 11.4 Å². The minimum absolute atomic E-state index is 0.525. The fraction of sp³-hybridized carbons (Fsp3) is 0.333. The van der Waals surface area contributed by atoms with Crippen molar-refractivity contribution in [2.24, 2.45) is 0 Å². The molecular weight excluding hydrogens is 268 g/mol. The van der Waals surface area contributed by atoms with E-state index in [0.717, 1.165) is 11.1 Å². The SMILES string of the molecule is CC(C)c1ccc(CC(C)(O)c2cccc(Cl)c2)cc1. The van der Waals surface area contributed by atoms with E-state index in [-0.39, 0.29) is 0 Å². The third-order valence-corrected chi connectivity index (χ3v) is 3.88. The van der Waals surface area contributed by atoms with Crippen LogP contribution in [0.1, 0.15) is 43.4 Å². The molecule has 2 aromatic carbocycles. The number of benzene rings is 2. The predicted octanol–water partition coefficient (Wildman–Crippen LogP) is 4.91. The van der Waals surface area contributed by atoms with Gasteiger partial charge in [0.05, 0.1) is 5.60 Å². The number of hydrogen-bond acceptors (Lipinski definition) is 1. The molecule has 0 fully saturated rings. The molecule has 2 heteroatoms. The van der Waals surface area contributed by atoms with Crippen molar-refractivity contribution in [2.75, 3.05) is 0 Å². The number of hydrogen-bond donors (Lipinski definition) is 1. The van der Waals surface area contributed by atoms with E-state index < -0.39 is 5.60 Å². The molecule has 0 amide bonds. The van der Waals surface area contributed by atoms with Gasteiger partial charge in [-0.25, -0.2) is 0 Å². The number of rotatable bonds is 4. The molecule has 0 aliphatic rings. The standard InChI is InChI=1S/C18H21ClO/c1-13(2)15-9-7-14(8-10-15)12-18(3,20)16-5-4-6-17(19)11-16/h4-11,13,20H,12H2,1-3H3. The van der Waals surface area contributed by atoms with Crippen LogP contribution in [0.4, 0.5) is 0 Å². The van der Waals surface area contributed by atoms with Crippen molar-refractivity contribution in [3.8, 4) is 0 Å². The van der Waals surface area contributed by atoms with Crippen LogP contribution in [0.25, 0.3) is 0 Å². The third-order valence-electron chi connectivity index (χ3n) is 3.64. The molecule has 2 rings (SSSR count). The summed E-state index contributed by atoms with van der Waals surface area (Å²) in [4.78, 5) is 0. The molecule has 1 N–H and O–H groups in total. The van der Waals surface area contributed by atoms with Crippen LogP contribution in [0, 0.1) is 0 Å². The Bertz CT molecular complexity index is 570. The second-order valence-electron chi connectivity index (χ2n) is 5.86. The average Bonchev–Trinajstić information content (AvgIpc) is 2.39. The zero-order valence-corrected chi connectivity index (χ0v) is 13.0. The highest BCUT2D eigenvalue weighted by Crippen LogP contribution is 2.27. The van der Waals surface area contributed by atoms with Crippen LogP contribution in [0.2, 0.25) is 5.02 Å². The van der Waals surface area contributed by atoms with Gasteiger partial charge in [-0.3, -0.25) is 0 Å². The van der Waals surface area contributed by atoms with Crippen LogP contribution in [0.3, 0.4) is 0 Å². The van der Waals surface area contributed by atoms with Crippen molar-refractivity contribution in [2.45, 2.75) is 38.7 Å². The van der Waals surface area contributed by atoms with E-state index in [2.05, 4.69) is 38.1 Å². The Balaban J connectivity index is 2.19. The van der Waals surface area contributed by atoms with Gasteiger partial charge in [-0.15, -0.1) is 0 Å². The first-order chi connectivity index (χ1) is 9.38. The van der Waals surface area contributed by atoms with Crippen molar-refractivity contribution < 1.29 is 5.11 Å². The molecule has 0 heterocycles. The largest absolute Gasteiger partial charge is 0.385 e. The van der Waals surface area contributed by atoms with E-state index in [1.807, 2.05) is 31.2 Å². The molecule has 0 saturated heterocycles. The zero-order valence-electron chi connectivity index (χ0n) is 12.2. The first-order valence-electron chi connectivity index (χ1n) is 6.96. The summed E-state index contributed by atoms with van der Waals surface area (Å²) in [5.74, 6) is 0.525. The molecule has 0 aliphatic heterocycles. The molecule has 0 spiro atoms. The van der Waals surface area contributed by atoms with Crippen LogP contribution >= 0.6 is 11.6 Å². The van der Waals surface area contributed by atoms with Crippen molar-refractivity contribution in [3.63, 3.8) is 0 Å². The fourth-order valence-electron chi connectivity index (χ4n) is 2.34. The van der Waals surface area contributed by atoms with Crippen molar-refractivity contribution >= 4 is 11.6 Å². The highest BCUT2D eigenvalue weighted by molar-refractivity contribution is 6.30. The molecule has 20 heavy (non-hydrogen) atoms. The van der Waals surface area contributed by atoms with Gasteiger partial charge in [-0.1, -0.05) is 61.8 Å². The van der Waals surface area contributed by atoms with Gasteiger partial charge in [0.15, 0.2) is 0 Å². The van der Waals surface area contributed by atoms with E-state index >= 15 is 0 Å². The normalized spacial score (nSPS) is 14.3. The van der Waals surface area contributed by atoms with Gasteiger partial charge in [0.1, 0.15) is 0 Å². The summed E-state index contributed by atoms with van der Waals surface area (Å²) < 4.78 is 0. The maximum Gasteiger partial charge on any atom is 0.0909 e. The van der Waals surface area contributed by atoms with Crippen molar-refractivity contribution in [1.82, 2.24) is 0 Å². The molecule has 0 radical (unpaired) electrons. The van der Waals surface area contributed by atoms with E-state index in [0.29, 0.717) is 17.4 Å². The van der Waals surface area contributed by atoms with Gasteiger partial charge in [-0.2, -0.15) is 0 Å². The van der Waals surface area contributed by atoms with Crippen LogP contribution in [-0.2, 0) is 12.0 Å². The summed E-state index contributed by atoms with van der Waals surface area (Å²) in [5, 5.41) is 11.3. The van der Waals surface area contributed by atoms with Gasteiger partial charge in [0.25, 0.3) is 0 Å². The maximum absolute atomic E-state index is 10.7. The van der Waals surface area contributed by atoms with Crippen molar-refractivity contribution in [3.05, 3.63) is 70.2 Å². The number of aliphatic hydroxyl groups is 1. The van der Waals surface area contributed by atoms with E-state index in [1.54, 1.807) is 0 Å². The second-order valence-corrected chi connectivity index (χ2v) is 6.29. The first-order valence-corrected chi connectivity index (χ1v) is 7.33. The zero-order chi connectivity index (χ0) is 14.8. The smallest absolute Gasteiger partial charge is 0.0909 e. The quantitative estimate of drug-likeness (QED) is 0.847. The molecule has 0 saturated carbocycles. The lowest BCUT2D eigenvalue weighted by Gasteiger charge is -2.24. The summed E-state index contributed by atoms with van der Waals surface area (Å²) in [6, 6.07) is 15.9. The predicted molar refractivity (Wildman–Crippen MR) is 85.3 cm³/mol. The van der Waals surface area contributed by atoms with Gasteiger partial charge >= 0.3 is 0 Å². The fourth-order valence-corrected chi connectivity index (χ4v) is 2.53. The summed E-state index contributed by atoms with van der Waals surface area (Å²) in [7, 11) is 0. The highest BCUT2D eigenvalue weighted by atomic mass is 35.5. The molecule has 1 atom stereocenters. The number of halogens is 1. The Hall–Kier alpha value is -1.31. The first kappa shape index (κ1) is 15.1. The Morgan fingerprint density at radius 3 is 2.30 bits per heavy atom. The van der Waals surface area contributed by atoms with Gasteiger partial charge < -0.3 is 5.11 Å². The van der Waals surface area contributed by atoms with Crippen LogP contribution in [0.5, 0.6) is 0 Å². The van der Waals surface area contributed by atoms with E-state index in [9.17, 15) is 5.11 Å². The van der Waals surface area contributed by atoms with E-state index in [1.165, 1.54) is 5.56 Å².